The average Bonchev–Trinajstić information content (AvgIpc) is 3.04. The molecule has 1 aliphatic carbocycles. The number of aliphatic carboxylic acids is 1. The lowest BCUT2D eigenvalue weighted by atomic mass is 9.73. The molecule has 1 fully saturated rings. The van der Waals surface area contributed by atoms with Gasteiger partial charge in [0.25, 0.3) is 5.91 Å². The minimum Gasteiger partial charge on any atom is -0.479 e. The Morgan fingerprint density at radius 1 is 1.21 bits per heavy atom. The van der Waals surface area contributed by atoms with Crippen molar-refractivity contribution in [3.63, 3.8) is 0 Å². The third kappa shape index (κ3) is 2.59. The first kappa shape index (κ1) is 16.3. The molecule has 1 aliphatic rings. The number of ether oxygens (including phenoxy) is 1. The standard InChI is InChI=1S/C18H20N2O4/c1-20(18(17(22)23)10-13(11-18)24-2)16(21)15-9-8-14(19-15)12-6-4-3-5-7-12/h3-9,13,19H,10-11H2,1-2H3,(H,22,23). The molecular weight excluding hydrogens is 308 g/mol. The number of methoxy groups -OCH3 is 1. The van der Waals surface area contributed by atoms with Crippen molar-refractivity contribution >= 4 is 11.9 Å². The van der Waals surface area contributed by atoms with Gasteiger partial charge in [-0.05, 0) is 17.7 Å². The molecule has 0 atom stereocenters. The molecule has 0 saturated heterocycles. The number of carboxylic acids is 1. The Labute approximate surface area is 140 Å². The van der Waals surface area contributed by atoms with Crippen LogP contribution in [0.25, 0.3) is 11.3 Å². The SMILES string of the molecule is COC1CC(C(=O)O)(N(C)C(=O)c2ccc(-c3ccccc3)[nH]2)C1. The van der Waals surface area contributed by atoms with E-state index in [0.717, 1.165) is 11.3 Å². The Morgan fingerprint density at radius 2 is 1.88 bits per heavy atom. The maximum atomic E-state index is 12.7. The van der Waals surface area contributed by atoms with Crippen molar-refractivity contribution in [2.24, 2.45) is 0 Å². The van der Waals surface area contributed by atoms with Crippen molar-refractivity contribution in [3.05, 3.63) is 48.2 Å². The molecule has 0 unspecified atom stereocenters. The number of carboxylic acid groups (broad SMARTS) is 1. The zero-order valence-electron chi connectivity index (χ0n) is 13.7. The number of benzene rings is 1. The van der Waals surface area contributed by atoms with Gasteiger partial charge in [0.2, 0.25) is 0 Å². The first-order valence-electron chi connectivity index (χ1n) is 7.77. The van der Waals surface area contributed by atoms with Crippen LogP contribution in [0.4, 0.5) is 0 Å². The number of likely N-dealkylation sites (N-methyl/N-ethyl adjacent to an activating group) is 1. The predicted molar refractivity (Wildman–Crippen MR) is 88.7 cm³/mol. The summed E-state index contributed by atoms with van der Waals surface area (Å²) in [5, 5.41) is 9.59. The van der Waals surface area contributed by atoms with Crippen LogP contribution < -0.4 is 0 Å². The molecule has 1 saturated carbocycles. The first-order chi connectivity index (χ1) is 11.5. The molecule has 126 valence electrons. The number of carbonyl (C=O) groups is 2. The number of nitrogens with zero attached hydrogens (tertiary/aromatic N) is 1. The number of hydrogen-bond donors (Lipinski definition) is 2. The van der Waals surface area contributed by atoms with E-state index in [4.69, 9.17) is 4.74 Å². The number of aromatic nitrogens is 1. The van der Waals surface area contributed by atoms with Crippen LogP contribution in [-0.4, -0.2) is 52.7 Å². The second-order valence-electron chi connectivity index (χ2n) is 6.12. The van der Waals surface area contributed by atoms with Gasteiger partial charge in [-0.25, -0.2) is 4.79 Å². The molecule has 3 rings (SSSR count). The lowest BCUT2D eigenvalue weighted by Gasteiger charge is -2.48. The fourth-order valence-corrected chi connectivity index (χ4v) is 3.13. The van der Waals surface area contributed by atoms with E-state index in [0.29, 0.717) is 18.5 Å². The molecule has 0 bridgehead atoms. The minimum absolute atomic E-state index is 0.125. The molecule has 24 heavy (non-hydrogen) atoms. The monoisotopic (exact) mass is 328 g/mol. The fraction of sp³-hybridized carbons (Fsp3) is 0.333. The molecule has 0 aliphatic heterocycles. The van der Waals surface area contributed by atoms with Crippen LogP contribution in [0.5, 0.6) is 0 Å². The van der Waals surface area contributed by atoms with Crippen LogP contribution in [-0.2, 0) is 9.53 Å². The van der Waals surface area contributed by atoms with Crippen molar-refractivity contribution < 1.29 is 19.4 Å². The summed E-state index contributed by atoms with van der Waals surface area (Å²) < 4.78 is 5.18. The number of hydrogen-bond acceptors (Lipinski definition) is 3. The van der Waals surface area contributed by atoms with Crippen molar-refractivity contribution in [1.29, 1.82) is 0 Å². The quantitative estimate of drug-likeness (QED) is 0.883. The number of H-pyrrole nitrogens is 1. The smallest absolute Gasteiger partial charge is 0.329 e. The van der Waals surface area contributed by atoms with Crippen molar-refractivity contribution in [2.45, 2.75) is 24.5 Å². The molecule has 6 heteroatoms. The zero-order chi connectivity index (χ0) is 17.3. The highest BCUT2D eigenvalue weighted by molar-refractivity contribution is 5.97. The second kappa shape index (κ2) is 6.13. The van der Waals surface area contributed by atoms with E-state index in [1.165, 1.54) is 11.9 Å². The third-order valence-electron chi connectivity index (χ3n) is 4.81. The van der Waals surface area contributed by atoms with E-state index < -0.39 is 11.5 Å². The van der Waals surface area contributed by atoms with E-state index in [9.17, 15) is 14.7 Å². The average molecular weight is 328 g/mol. The molecule has 0 spiro atoms. The van der Waals surface area contributed by atoms with Gasteiger partial charge in [0, 0.05) is 32.7 Å². The summed E-state index contributed by atoms with van der Waals surface area (Å²) in [6.45, 7) is 0. The number of rotatable bonds is 5. The third-order valence-corrected chi connectivity index (χ3v) is 4.81. The van der Waals surface area contributed by atoms with Gasteiger partial charge in [-0.15, -0.1) is 0 Å². The lowest BCUT2D eigenvalue weighted by molar-refractivity contribution is -0.165. The van der Waals surface area contributed by atoms with Gasteiger partial charge < -0.3 is 19.7 Å². The van der Waals surface area contributed by atoms with Crippen LogP contribution in [0.1, 0.15) is 23.3 Å². The summed E-state index contributed by atoms with van der Waals surface area (Å²) in [7, 11) is 3.08. The number of aromatic amines is 1. The van der Waals surface area contributed by atoms with Crippen LogP contribution in [0.2, 0.25) is 0 Å². The van der Waals surface area contributed by atoms with Crippen molar-refractivity contribution in [3.8, 4) is 11.3 Å². The second-order valence-corrected chi connectivity index (χ2v) is 6.12. The highest BCUT2D eigenvalue weighted by Gasteiger charge is 2.55. The van der Waals surface area contributed by atoms with E-state index >= 15 is 0 Å². The number of amides is 1. The van der Waals surface area contributed by atoms with Crippen LogP contribution in [0, 0.1) is 0 Å². The summed E-state index contributed by atoms with van der Waals surface area (Å²) >= 11 is 0. The maximum absolute atomic E-state index is 12.7. The Morgan fingerprint density at radius 3 is 2.46 bits per heavy atom. The van der Waals surface area contributed by atoms with E-state index in [1.807, 2.05) is 36.4 Å². The van der Waals surface area contributed by atoms with Gasteiger partial charge in [0.1, 0.15) is 11.2 Å². The minimum atomic E-state index is -1.20. The summed E-state index contributed by atoms with van der Waals surface area (Å²) in [5.74, 6) is -1.34. The Balaban J connectivity index is 1.81. The molecule has 1 amide bonds. The van der Waals surface area contributed by atoms with E-state index in [-0.39, 0.29) is 12.0 Å². The Hall–Kier alpha value is -2.60. The van der Waals surface area contributed by atoms with E-state index in [1.54, 1.807) is 13.2 Å². The molecule has 1 heterocycles. The first-order valence-corrected chi connectivity index (χ1v) is 7.77. The highest BCUT2D eigenvalue weighted by atomic mass is 16.5. The summed E-state index contributed by atoms with van der Waals surface area (Å²) in [6, 6.07) is 13.2. The molecule has 2 aromatic rings. The molecule has 1 aromatic heterocycles. The van der Waals surface area contributed by atoms with Gasteiger partial charge in [-0.2, -0.15) is 0 Å². The van der Waals surface area contributed by atoms with Crippen molar-refractivity contribution in [1.82, 2.24) is 9.88 Å². The highest BCUT2D eigenvalue weighted by Crippen LogP contribution is 2.40. The summed E-state index contributed by atoms with van der Waals surface area (Å²) in [4.78, 5) is 28.8. The van der Waals surface area contributed by atoms with E-state index in [2.05, 4.69) is 4.98 Å². The predicted octanol–water partition coefficient (Wildman–Crippen LogP) is 2.39. The van der Waals surface area contributed by atoms with Gasteiger partial charge in [-0.3, -0.25) is 4.79 Å². The van der Waals surface area contributed by atoms with Crippen LogP contribution >= 0.6 is 0 Å². The summed E-state index contributed by atoms with van der Waals surface area (Å²) in [5.41, 5.74) is 0.962. The fourth-order valence-electron chi connectivity index (χ4n) is 3.13. The molecule has 2 N–H and O–H groups in total. The van der Waals surface area contributed by atoms with Gasteiger partial charge in [-0.1, -0.05) is 30.3 Å². The number of carbonyl (C=O) groups excluding carboxylic acids is 1. The van der Waals surface area contributed by atoms with Gasteiger partial charge in [0.15, 0.2) is 0 Å². The Bertz CT molecular complexity index is 747. The normalized spacial score (nSPS) is 22.7. The van der Waals surface area contributed by atoms with Crippen LogP contribution in [0.15, 0.2) is 42.5 Å². The molecule has 6 nitrogen and oxygen atoms in total. The summed E-state index contributed by atoms with van der Waals surface area (Å²) in [6.07, 6.45) is 0.473. The number of nitrogens with one attached hydrogen (secondary N) is 1. The lowest BCUT2D eigenvalue weighted by Crippen LogP contribution is -2.65. The maximum Gasteiger partial charge on any atom is 0.329 e. The van der Waals surface area contributed by atoms with Gasteiger partial charge in [0.05, 0.1) is 6.10 Å². The van der Waals surface area contributed by atoms with Gasteiger partial charge >= 0.3 is 5.97 Å². The molecular formula is C18H20N2O4. The molecule has 1 aromatic carbocycles. The molecule has 0 radical (unpaired) electrons. The van der Waals surface area contributed by atoms with Crippen molar-refractivity contribution in [2.75, 3.05) is 14.2 Å². The van der Waals surface area contributed by atoms with Crippen LogP contribution in [0.3, 0.4) is 0 Å². The Kier molecular flexibility index (Phi) is 4.15. The largest absolute Gasteiger partial charge is 0.479 e. The topological polar surface area (TPSA) is 82.6 Å². The zero-order valence-corrected chi connectivity index (χ0v) is 13.7.